The third-order valence-corrected chi connectivity index (χ3v) is 8.89. The molecule has 0 amide bonds. The number of benzene rings is 6. The van der Waals surface area contributed by atoms with Gasteiger partial charge in [0.15, 0.2) is 17.5 Å². The van der Waals surface area contributed by atoms with E-state index in [0.717, 1.165) is 61.1 Å². The van der Waals surface area contributed by atoms with Gasteiger partial charge in [-0.3, -0.25) is 4.57 Å². The molecule has 3 aromatic heterocycles. The van der Waals surface area contributed by atoms with E-state index in [1.165, 1.54) is 5.56 Å². The van der Waals surface area contributed by atoms with Crippen LogP contribution >= 0.6 is 0 Å². The van der Waals surface area contributed by atoms with Crippen LogP contribution in [0.5, 0.6) is 0 Å². The monoisotopic (exact) mass is 627 g/mol. The van der Waals surface area contributed by atoms with Crippen LogP contribution in [0, 0.1) is 0 Å². The van der Waals surface area contributed by atoms with Crippen LogP contribution in [0.2, 0.25) is 0 Å². The Morgan fingerprint density at radius 2 is 0.816 bits per heavy atom. The molecule has 3 heterocycles. The van der Waals surface area contributed by atoms with Crippen LogP contribution in [-0.2, 0) is 0 Å². The van der Waals surface area contributed by atoms with Gasteiger partial charge in [0.05, 0.1) is 11.2 Å². The summed E-state index contributed by atoms with van der Waals surface area (Å²) in [5, 5.41) is 2.27. The lowest BCUT2D eigenvalue weighted by molar-refractivity contribution is 1.07. The van der Waals surface area contributed by atoms with Crippen LogP contribution in [0.3, 0.4) is 0 Å². The zero-order valence-electron chi connectivity index (χ0n) is 26.5. The van der Waals surface area contributed by atoms with E-state index in [1.54, 1.807) is 0 Å². The van der Waals surface area contributed by atoms with E-state index < -0.39 is 0 Å². The second kappa shape index (κ2) is 12.1. The quantitative estimate of drug-likeness (QED) is 0.184. The van der Waals surface area contributed by atoms with Crippen molar-refractivity contribution in [2.24, 2.45) is 0 Å². The highest BCUT2D eigenvalue weighted by atomic mass is 15.1. The summed E-state index contributed by atoms with van der Waals surface area (Å²) in [4.78, 5) is 20.1. The summed E-state index contributed by atoms with van der Waals surface area (Å²) in [5.74, 6) is 1.91. The van der Waals surface area contributed by atoms with Crippen LogP contribution < -0.4 is 0 Å². The van der Waals surface area contributed by atoms with Crippen molar-refractivity contribution >= 4 is 21.9 Å². The van der Waals surface area contributed by atoms with E-state index in [2.05, 4.69) is 114 Å². The summed E-state index contributed by atoms with van der Waals surface area (Å²) in [5.41, 5.74) is 10.2. The van der Waals surface area contributed by atoms with Gasteiger partial charge in [0.1, 0.15) is 5.65 Å². The van der Waals surface area contributed by atoms with Crippen molar-refractivity contribution in [2.45, 2.75) is 0 Å². The molecule has 0 aliphatic rings. The number of fused-ring (bicyclic) bond motifs is 3. The van der Waals surface area contributed by atoms with E-state index in [0.29, 0.717) is 17.5 Å². The molecule has 0 saturated carbocycles. The molecule has 0 saturated heterocycles. The normalized spacial score (nSPS) is 11.3. The van der Waals surface area contributed by atoms with Gasteiger partial charge >= 0.3 is 0 Å². The van der Waals surface area contributed by atoms with E-state index in [9.17, 15) is 0 Å². The maximum atomic E-state index is 5.35. The highest BCUT2D eigenvalue weighted by molar-refractivity contribution is 6.08. The zero-order chi connectivity index (χ0) is 32.6. The lowest BCUT2D eigenvalue weighted by Crippen LogP contribution is -2.01. The first-order valence-electron chi connectivity index (χ1n) is 16.3. The molecule has 9 aromatic rings. The summed E-state index contributed by atoms with van der Waals surface area (Å²) in [6, 6.07) is 60.3. The fraction of sp³-hybridized carbons (Fsp3) is 0. The van der Waals surface area contributed by atoms with Crippen molar-refractivity contribution in [3.8, 4) is 62.2 Å². The Bertz CT molecular complexity index is 2520. The van der Waals surface area contributed by atoms with Crippen molar-refractivity contribution in [3.63, 3.8) is 0 Å². The minimum atomic E-state index is 0.624. The summed E-state index contributed by atoms with van der Waals surface area (Å²) < 4.78 is 2.25. The molecule has 0 atom stereocenters. The Labute approximate surface area is 283 Å². The largest absolute Gasteiger partial charge is 0.294 e. The van der Waals surface area contributed by atoms with Crippen molar-refractivity contribution in [1.82, 2.24) is 24.5 Å². The van der Waals surface area contributed by atoms with Crippen LogP contribution in [0.1, 0.15) is 0 Å². The lowest BCUT2D eigenvalue weighted by atomic mass is 9.97. The predicted molar refractivity (Wildman–Crippen MR) is 199 cm³/mol. The number of hydrogen-bond donors (Lipinski definition) is 0. The van der Waals surface area contributed by atoms with Gasteiger partial charge in [0, 0.05) is 38.7 Å². The van der Waals surface area contributed by atoms with E-state index in [4.69, 9.17) is 19.9 Å². The van der Waals surface area contributed by atoms with Gasteiger partial charge in [-0.25, -0.2) is 19.9 Å². The number of rotatable bonds is 6. The van der Waals surface area contributed by atoms with Gasteiger partial charge < -0.3 is 0 Å². The summed E-state index contributed by atoms with van der Waals surface area (Å²) in [7, 11) is 0. The molecule has 0 aliphatic carbocycles. The minimum Gasteiger partial charge on any atom is -0.294 e. The van der Waals surface area contributed by atoms with Crippen molar-refractivity contribution in [3.05, 3.63) is 176 Å². The smallest absolute Gasteiger partial charge is 0.164 e. The first kappa shape index (κ1) is 28.5. The fourth-order valence-electron chi connectivity index (χ4n) is 6.52. The molecule has 5 heteroatoms. The second-order valence-electron chi connectivity index (χ2n) is 11.9. The van der Waals surface area contributed by atoms with Gasteiger partial charge in [-0.15, -0.1) is 0 Å². The molecule has 0 unspecified atom stereocenters. The molecule has 0 aliphatic heterocycles. The highest BCUT2D eigenvalue weighted by Gasteiger charge is 2.17. The molecule has 0 spiro atoms. The van der Waals surface area contributed by atoms with Crippen molar-refractivity contribution < 1.29 is 0 Å². The zero-order valence-corrected chi connectivity index (χ0v) is 26.5. The van der Waals surface area contributed by atoms with Crippen molar-refractivity contribution in [2.75, 3.05) is 0 Å². The Balaban J connectivity index is 1.18. The number of para-hydroxylation sites is 1. The second-order valence-corrected chi connectivity index (χ2v) is 11.9. The molecule has 0 fully saturated rings. The molecule has 0 bridgehead atoms. The average Bonchev–Trinajstić information content (AvgIpc) is 3.52. The number of nitrogens with zero attached hydrogens (tertiary/aromatic N) is 5. The Hall–Kier alpha value is -6.72. The average molecular weight is 628 g/mol. The minimum absolute atomic E-state index is 0.624. The van der Waals surface area contributed by atoms with Gasteiger partial charge in [-0.2, -0.15) is 0 Å². The Morgan fingerprint density at radius 3 is 1.43 bits per heavy atom. The SMILES string of the molecule is c1ccc(-c2nc(-c3ccccc3)nc(-c3ccc(-n4c5ccccc5c5ccc(-c6ccccc6-c6ccccc6)nc54)cc3)n2)cc1. The summed E-state index contributed by atoms with van der Waals surface area (Å²) >= 11 is 0. The Morgan fingerprint density at radius 1 is 0.327 bits per heavy atom. The molecule has 6 aromatic carbocycles. The maximum Gasteiger partial charge on any atom is 0.164 e. The molecular weight excluding hydrogens is 599 g/mol. The predicted octanol–water partition coefficient (Wildman–Crippen LogP) is 10.7. The number of pyridine rings is 1. The standard InChI is InChI=1S/C44H29N5/c1-4-14-30(15-5-1)35-20-10-11-21-36(35)39-29-28-38-37-22-12-13-23-40(37)49(44(38)45-39)34-26-24-33(25-27-34)43-47-41(31-16-6-2-7-17-31)46-42(48-43)32-18-8-3-9-19-32/h1-29H. The van der Waals surface area contributed by atoms with E-state index in [1.807, 2.05) is 66.7 Å². The molecule has 5 nitrogen and oxygen atoms in total. The summed E-state index contributed by atoms with van der Waals surface area (Å²) in [6.07, 6.45) is 0. The van der Waals surface area contributed by atoms with Crippen LogP contribution in [0.4, 0.5) is 0 Å². The van der Waals surface area contributed by atoms with Gasteiger partial charge in [-0.1, -0.05) is 133 Å². The lowest BCUT2D eigenvalue weighted by Gasteiger charge is -2.12. The molecule has 0 radical (unpaired) electrons. The number of aromatic nitrogens is 5. The van der Waals surface area contributed by atoms with Crippen molar-refractivity contribution in [1.29, 1.82) is 0 Å². The molecule has 230 valence electrons. The fourth-order valence-corrected chi connectivity index (χ4v) is 6.52. The molecule has 49 heavy (non-hydrogen) atoms. The first-order valence-corrected chi connectivity index (χ1v) is 16.3. The molecular formula is C44H29N5. The third kappa shape index (κ3) is 5.24. The summed E-state index contributed by atoms with van der Waals surface area (Å²) in [6.45, 7) is 0. The van der Waals surface area contributed by atoms with E-state index >= 15 is 0 Å². The van der Waals surface area contributed by atoms with Crippen LogP contribution in [0.25, 0.3) is 84.2 Å². The number of hydrogen-bond acceptors (Lipinski definition) is 4. The van der Waals surface area contributed by atoms with Gasteiger partial charge in [0.25, 0.3) is 0 Å². The topological polar surface area (TPSA) is 56.5 Å². The first-order chi connectivity index (χ1) is 24.3. The molecule has 9 rings (SSSR count). The van der Waals surface area contributed by atoms with E-state index in [-0.39, 0.29) is 0 Å². The van der Waals surface area contributed by atoms with Crippen LogP contribution in [-0.4, -0.2) is 24.5 Å². The third-order valence-electron chi connectivity index (χ3n) is 8.89. The van der Waals surface area contributed by atoms with Gasteiger partial charge in [0.2, 0.25) is 0 Å². The molecule has 0 N–H and O–H groups in total. The Kier molecular flexibility index (Phi) is 7.06. The maximum absolute atomic E-state index is 5.35. The van der Waals surface area contributed by atoms with Crippen LogP contribution in [0.15, 0.2) is 176 Å². The highest BCUT2D eigenvalue weighted by Crippen LogP contribution is 2.36. The van der Waals surface area contributed by atoms with Gasteiger partial charge in [-0.05, 0) is 53.6 Å².